The van der Waals surface area contributed by atoms with E-state index in [1.807, 2.05) is 54.6 Å². The molecule has 0 saturated carbocycles. The number of hydrogen-bond acceptors (Lipinski definition) is 3. The third kappa shape index (κ3) is 1.98. The maximum atomic E-state index is 5.77. The fourth-order valence-electron chi connectivity index (χ4n) is 1.95. The lowest BCUT2D eigenvalue weighted by molar-refractivity contribution is 1.40. The number of rotatable bonds is 2. The van der Waals surface area contributed by atoms with Crippen LogP contribution in [-0.2, 0) is 0 Å². The first kappa shape index (κ1) is 10.6. The summed E-state index contributed by atoms with van der Waals surface area (Å²) in [6, 6.07) is 17.8. The Hall–Kier alpha value is -2.55. The lowest BCUT2D eigenvalue weighted by Gasteiger charge is -2.09. The quantitative estimate of drug-likeness (QED) is 0.668. The van der Waals surface area contributed by atoms with E-state index in [9.17, 15) is 0 Å². The van der Waals surface area contributed by atoms with Crippen molar-refractivity contribution in [2.45, 2.75) is 0 Å². The van der Waals surface area contributed by atoms with Crippen molar-refractivity contribution in [2.75, 3.05) is 11.1 Å². The van der Waals surface area contributed by atoms with E-state index in [0.29, 0.717) is 0 Å². The van der Waals surface area contributed by atoms with Crippen molar-refractivity contribution in [2.24, 2.45) is 0 Å². The lowest BCUT2D eigenvalue weighted by Crippen LogP contribution is -1.93. The van der Waals surface area contributed by atoms with Gasteiger partial charge >= 0.3 is 0 Å². The zero-order valence-electron chi connectivity index (χ0n) is 9.80. The predicted octanol–water partition coefficient (Wildman–Crippen LogP) is 3.56. The highest BCUT2D eigenvalue weighted by Gasteiger charge is 2.02. The standard InChI is InChI=1S/C15H13N3/c16-11-6-7-13-14(8-9-17-15(13)10-11)18-12-4-2-1-3-5-12/h1-10H,16H2,(H,17,18). The van der Waals surface area contributed by atoms with Gasteiger partial charge in [0.15, 0.2) is 0 Å². The predicted molar refractivity (Wildman–Crippen MR) is 75.9 cm³/mol. The van der Waals surface area contributed by atoms with Crippen molar-refractivity contribution in [3.05, 3.63) is 60.8 Å². The molecule has 0 radical (unpaired) electrons. The van der Waals surface area contributed by atoms with E-state index < -0.39 is 0 Å². The Labute approximate surface area is 105 Å². The van der Waals surface area contributed by atoms with Gasteiger partial charge < -0.3 is 11.1 Å². The van der Waals surface area contributed by atoms with Crippen molar-refractivity contribution >= 4 is 28.0 Å². The van der Waals surface area contributed by atoms with E-state index in [-0.39, 0.29) is 0 Å². The molecule has 0 bridgehead atoms. The molecular weight excluding hydrogens is 222 g/mol. The fraction of sp³-hybridized carbons (Fsp3) is 0. The molecule has 3 aromatic rings. The summed E-state index contributed by atoms with van der Waals surface area (Å²) in [5, 5.41) is 4.45. The Morgan fingerprint density at radius 2 is 1.78 bits per heavy atom. The van der Waals surface area contributed by atoms with Gasteiger partial charge in [-0.15, -0.1) is 0 Å². The van der Waals surface area contributed by atoms with Gasteiger partial charge in [0, 0.05) is 28.6 Å². The van der Waals surface area contributed by atoms with Crippen molar-refractivity contribution in [3.63, 3.8) is 0 Å². The fourth-order valence-corrected chi connectivity index (χ4v) is 1.95. The SMILES string of the molecule is Nc1ccc2c(Nc3ccccc3)ccnc2c1. The Bertz CT molecular complexity index is 678. The van der Waals surface area contributed by atoms with Gasteiger partial charge in [-0.1, -0.05) is 18.2 Å². The van der Waals surface area contributed by atoms with Crippen LogP contribution in [0.15, 0.2) is 60.8 Å². The molecule has 0 spiro atoms. The monoisotopic (exact) mass is 235 g/mol. The molecule has 1 aromatic heterocycles. The van der Waals surface area contributed by atoms with E-state index in [1.54, 1.807) is 6.20 Å². The van der Waals surface area contributed by atoms with Crippen LogP contribution >= 0.6 is 0 Å². The summed E-state index contributed by atoms with van der Waals surface area (Å²) in [5.41, 5.74) is 9.48. The molecule has 3 N–H and O–H groups in total. The number of hydrogen-bond donors (Lipinski definition) is 2. The maximum Gasteiger partial charge on any atom is 0.0743 e. The second kappa shape index (κ2) is 4.37. The Balaban J connectivity index is 2.07. The summed E-state index contributed by atoms with van der Waals surface area (Å²) in [6.45, 7) is 0. The molecule has 0 fully saturated rings. The van der Waals surface area contributed by atoms with Gasteiger partial charge in [-0.2, -0.15) is 0 Å². The molecule has 2 aromatic carbocycles. The number of nitrogens with one attached hydrogen (secondary N) is 1. The largest absolute Gasteiger partial charge is 0.399 e. The van der Waals surface area contributed by atoms with Crippen LogP contribution in [0.3, 0.4) is 0 Å². The summed E-state index contributed by atoms with van der Waals surface area (Å²) in [6.07, 6.45) is 1.78. The molecule has 1 heterocycles. The molecule has 3 heteroatoms. The summed E-state index contributed by atoms with van der Waals surface area (Å²) in [4.78, 5) is 4.32. The molecule has 0 aliphatic rings. The highest BCUT2D eigenvalue weighted by Crippen LogP contribution is 2.26. The number of pyridine rings is 1. The van der Waals surface area contributed by atoms with Crippen LogP contribution in [0.25, 0.3) is 10.9 Å². The molecule has 88 valence electrons. The first-order valence-corrected chi connectivity index (χ1v) is 5.79. The molecule has 0 unspecified atom stereocenters. The minimum Gasteiger partial charge on any atom is -0.399 e. The molecular formula is C15H13N3. The van der Waals surface area contributed by atoms with Gasteiger partial charge in [0.1, 0.15) is 0 Å². The third-order valence-electron chi connectivity index (χ3n) is 2.82. The molecule has 0 atom stereocenters. The van der Waals surface area contributed by atoms with Crippen molar-refractivity contribution < 1.29 is 0 Å². The highest BCUT2D eigenvalue weighted by atomic mass is 14.9. The van der Waals surface area contributed by atoms with E-state index in [4.69, 9.17) is 5.73 Å². The zero-order valence-corrected chi connectivity index (χ0v) is 9.80. The van der Waals surface area contributed by atoms with Crippen LogP contribution in [0, 0.1) is 0 Å². The van der Waals surface area contributed by atoms with Crippen LogP contribution in [0.5, 0.6) is 0 Å². The van der Waals surface area contributed by atoms with Crippen molar-refractivity contribution in [1.29, 1.82) is 0 Å². The van der Waals surface area contributed by atoms with Crippen LogP contribution in [0.4, 0.5) is 17.1 Å². The number of nitrogens with two attached hydrogens (primary N) is 1. The first-order valence-electron chi connectivity index (χ1n) is 5.79. The van der Waals surface area contributed by atoms with Crippen molar-refractivity contribution in [1.82, 2.24) is 4.98 Å². The van der Waals surface area contributed by atoms with Crippen molar-refractivity contribution in [3.8, 4) is 0 Å². The Morgan fingerprint density at radius 1 is 0.944 bits per heavy atom. The van der Waals surface area contributed by atoms with Gasteiger partial charge in [0.25, 0.3) is 0 Å². The number of aromatic nitrogens is 1. The molecule has 0 amide bonds. The average Bonchev–Trinajstić information content (AvgIpc) is 2.40. The smallest absolute Gasteiger partial charge is 0.0743 e. The van der Waals surface area contributed by atoms with E-state index in [2.05, 4.69) is 10.3 Å². The number of para-hydroxylation sites is 1. The van der Waals surface area contributed by atoms with Gasteiger partial charge in [-0.05, 0) is 36.4 Å². The second-order valence-corrected chi connectivity index (χ2v) is 4.13. The van der Waals surface area contributed by atoms with Gasteiger partial charge in [-0.25, -0.2) is 0 Å². The molecule has 0 aliphatic heterocycles. The van der Waals surface area contributed by atoms with Crippen LogP contribution in [-0.4, -0.2) is 4.98 Å². The molecule has 3 nitrogen and oxygen atoms in total. The van der Waals surface area contributed by atoms with E-state index in [1.165, 1.54) is 0 Å². The van der Waals surface area contributed by atoms with E-state index in [0.717, 1.165) is 28.0 Å². The van der Waals surface area contributed by atoms with Crippen LogP contribution < -0.4 is 11.1 Å². The minimum atomic E-state index is 0.729. The number of nitrogen functional groups attached to an aromatic ring is 1. The first-order chi connectivity index (χ1) is 8.83. The second-order valence-electron chi connectivity index (χ2n) is 4.13. The third-order valence-corrected chi connectivity index (χ3v) is 2.82. The van der Waals surface area contributed by atoms with Crippen LogP contribution in [0.2, 0.25) is 0 Å². The topological polar surface area (TPSA) is 50.9 Å². The van der Waals surface area contributed by atoms with Gasteiger partial charge in [0.2, 0.25) is 0 Å². The number of fused-ring (bicyclic) bond motifs is 1. The highest BCUT2D eigenvalue weighted by molar-refractivity contribution is 5.94. The Kier molecular flexibility index (Phi) is 2.57. The summed E-state index contributed by atoms with van der Waals surface area (Å²) >= 11 is 0. The zero-order chi connectivity index (χ0) is 12.4. The summed E-state index contributed by atoms with van der Waals surface area (Å²) in [7, 11) is 0. The number of nitrogens with zero attached hydrogens (tertiary/aromatic N) is 1. The molecule has 18 heavy (non-hydrogen) atoms. The van der Waals surface area contributed by atoms with E-state index >= 15 is 0 Å². The van der Waals surface area contributed by atoms with Gasteiger partial charge in [-0.3, -0.25) is 4.98 Å². The molecule has 0 aliphatic carbocycles. The maximum absolute atomic E-state index is 5.77. The Morgan fingerprint density at radius 3 is 2.61 bits per heavy atom. The number of anilines is 3. The average molecular weight is 235 g/mol. The normalized spacial score (nSPS) is 10.4. The minimum absolute atomic E-state index is 0.729. The molecule has 3 rings (SSSR count). The van der Waals surface area contributed by atoms with Crippen LogP contribution in [0.1, 0.15) is 0 Å². The molecule has 0 saturated heterocycles. The number of benzene rings is 2. The summed E-state index contributed by atoms with van der Waals surface area (Å²) in [5.74, 6) is 0. The van der Waals surface area contributed by atoms with Gasteiger partial charge in [0.05, 0.1) is 5.52 Å². The lowest BCUT2D eigenvalue weighted by atomic mass is 10.1. The summed E-state index contributed by atoms with van der Waals surface area (Å²) < 4.78 is 0.